The van der Waals surface area contributed by atoms with Gasteiger partial charge in [0.1, 0.15) is 5.75 Å². The zero-order chi connectivity index (χ0) is 18.8. The smallest absolute Gasteiger partial charge is 0.254 e. The number of methoxy groups -OCH3 is 1. The minimum absolute atomic E-state index is 0.122. The van der Waals surface area contributed by atoms with Gasteiger partial charge in [-0.1, -0.05) is 0 Å². The lowest BCUT2D eigenvalue weighted by Gasteiger charge is -2.28. The maximum absolute atomic E-state index is 13.3. The molecule has 144 valence electrons. The number of hydrogen-bond acceptors (Lipinski definition) is 4. The number of carbonyl (C=O) groups is 1. The van der Waals surface area contributed by atoms with Gasteiger partial charge in [0.2, 0.25) is 0 Å². The van der Waals surface area contributed by atoms with Crippen molar-refractivity contribution in [2.24, 2.45) is 7.05 Å². The zero-order valence-electron chi connectivity index (χ0n) is 16.2. The molecule has 1 unspecified atom stereocenters. The summed E-state index contributed by atoms with van der Waals surface area (Å²) < 4.78 is 7.26. The second-order valence-corrected chi connectivity index (χ2v) is 7.59. The Hall–Kier alpha value is -2.34. The quantitative estimate of drug-likeness (QED) is 0.814. The van der Waals surface area contributed by atoms with Crippen molar-refractivity contribution in [1.29, 1.82) is 0 Å². The van der Waals surface area contributed by atoms with Crippen molar-refractivity contribution in [3.8, 4) is 17.0 Å². The minimum atomic E-state index is 0.122. The molecule has 1 amide bonds. The molecule has 3 heterocycles. The summed E-state index contributed by atoms with van der Waals surface area (Å²) in [5, 5.41) is 4.48. The van der Waals surface area contributed by atoms with Crippen LogP contribution in [0.1, 0.15) is 36.0 Å². The monoisotopic (exact) mass is 368 g/mol. The van der Waals surface area contributed by atoms with Gasteiger partial charge in [-0.15, -0.1) is 0 Å². The first-order valence-electron chi connectivity index (χ1n) is 9.87. The first kappa shape index (κ1) is 18.0. The summed E-state index contributed by atoms with van der Waals surface area (Å²) in [7, 11) is 3.54. The van der Waals surface area contributed by atoms with E-state index in [0.29, 0.717) is 11.6 Å². The van der Waals surface area contributed by atoms with Crippen molar-refractivity contribution in [2.45, 2.75) is 31.7 Å². The van der Waals surface area contributed by atoms with Gasteiger partial charge in [-0.2, -0.15) is 5.10 Å². The highest BCUT2D eigenvalue weighted by Crippen LogP contribution is 2.31. The van der Waals surface area contributed by atoms with E-state index in [1.807, 2.05) is 37.5 Å². The topological polar surface area (TPSA) is 50.6 Å². The summed E-state index contributed by atoms with van der Waals surface area (Å²) in [4.78, 5) is 17.8. The lowest BCUT2D eigenvalue weighted by Crippen LogP contribution is -2.42. The number of aryl methyl sites for hydroxylation is 1. The molecule has 0 N–H and O–H groups in total. The number of carbonyl (C=O) groups excluding carboxylic acids is 1. The SMILES string of the molecule is COc1ccc(C(=O)N2CCCC2CN2CCCC2)cc1-c1ccn(C)n1. The molecule has 2 fully saturated rings. The third-order valence-corrected chi connectivity index (χ3v) is 5.74. The largest absolute Gasteiger partial charge is 0.496 e. The fourth-order valence-corrected chi connectivity index (χ4v) is 4.32. The Kier molecular flexibility index (Phi) is 5.16. The molecule has 0 spiro atoms. The Balaban J connectivity index is 1.57. The van der Waals surface area contributed by atoms with Crippen LogP contribution in [-0.4, -0.2) is 64.8 Å². The van der Waals surface area contributed by atoms with Gasteiger partial charge in [0.25, 0.3) is 5.91 Å². The molecule has 0 radical (unpaired) electrons. The highest BCUT2D eigenvalue weighted by Gasteiger charge is 2.31. The molecule has 1 aromatic carbocycles. The van der Waals surface area contributed by atoms with Crippen LogP contribution in [0.2, 0.25) is 0 Å². The van der Waals surface area contributed by atoms with Crippen LogP contribution in [0.15, 0.2) is 30.5 Å². The summed E-state index contributed by atoms with van der Waals surface area (Å²) in [6, 6.07) is 7.95. The van der Waals surface area contributed by atoms with Crippen LogP contribution in [0.4, 0.5) is 0 Å². The Morgan fingerprint density at radius 2 is 2.00 bits per heavy atom. The maximum Gasteiger partial charge on any atom is 0.254 e. The molecular formula is C21H28N4O2. The van der Waals surface area contributed by atoms with Crippen molar-refractivity contribution >= 4 is 5.91 Å². The van der Waals surface area contributed by atoms with E-state index in [9.17, 15) is 4.79 Å². The van der Waals surface area contributed by atoms with E-state index < -0.39 is 0 Å². The van der Waals surface area contributed by atoms with E-state index in [2.05, 4.69) is 14.9 Å². The number of ether oxygens (including phenoxy) is 1. The maximum atomic E-state index is 13.3. The molecule has 2 aromatic rings. The molecule has 2 aliphatic heterocycles. The minimum Gasteiger partial charge on any atom is -0.496 e. The van der Waals surface area contributed by atoms with E-state index in [1.165, 1.54) is 25.9 Å². The van der Waals surface area contributed by atoms with Gasteiger partial charge in [-0.05, 0) is 63.0 Å². The van der Waals surface area contributed by atoms with Crippen molar-refractivity contribution in [1.82, 2.24) is 19.6 Å². The van der Waals surface area contributed by atoms with Gasteiger partial charge in [-0.25, -0.2) is 0 Å². The third kappa shape index (κ3) is 3.72. The van der Waals surface area contributed by atoms with Crippen molar-refractivity contribution < 1.29 is 9.53 Å². The molecule has 0 bridgehead atoms. The number of likely N-dealkylation sites (tertiary alicyclic amines) is 2. The number of amides is 1. The van der Waals surface area contributed by atoms with E-state index in [0.717, 1.165) is 42.9 Å². The second-order valence-electron chi connectivity index (χ2n) is 7.59. The number of rotatable bonds is 5. The molecule has 1 aromatic heterocycles. The van der Waals surface area contributed by atoms with Crippen molar-refractivity contribution in [3.63, 3.8) is 0 Å². The molecule has 0 saturated carbocycles. The van der Waals surface area contributed by atoms with Gasteiger partial charge >= 0.3 is 0 Å². The molecule has 4 rings (SSSR count). The fraction of sp³-hybridized carbons (Fsp3) is 0.524. The van der Waals surface area contributed by atoms with E-state index in [1.54, 1.807) is 11.8 Å². The van der Waals surface area contributed by atoms with Crippen molar-refractivity contribution in [2.75, 3.05) is 33.3 Å². The van der Waals surface area contributed by atoms with Crippen LogP contribution in [-0.2, 0) is 7.05 Å². The summed E-state index contributed by atoms with van der Waals surface area (Å²) in [5.74, 6) is 0.858. The lowest BCUT2D eigenvalue weighted by molar-refractivity contribution is 0.0709. The predicted molar refractivity (Wildman–Crippen MR) is 105 cm³/mol. The standard InChI is InChI=1S/C21H28N4O2/c1-23-13-9-19(22-23)18-14-16(7-8-20(18)27-2)21(26)25-12-5-6-17(25)15-24-10-3-4-11-24/h7-9,13-14,17H,3-6,10-12,15H2,1-2H3. The second kappa shape index (κ2) is 7.72. The first-order valence-corrected chi connectivity index (χ1v) is 9.87. The van der Waals surface area contributed by atoms with Crippen LogP contribution in [0, 0.1) is 0 Å². The highest BCUT2D eigenvalue weighted by atomic mass is 16.5. The van der Waals surface area contributed by atoms with E-state index in [-0.39, 0.29) is 5.91 Å². The number of benzene rings is 1. The molecule has 6 heteroatoms. The lowest BCUT2D eigenvalue weighted by atomic mass is 10.1. The summed E-state index contributed by atoms with van der Waals surface area (Å²) in [6.45, 7) is 4.20. The molecule has 2 saturated heterocycles. The highest BCUT2D eigenvalue weighted by molar-refractivity contribution is 5.96. The third-order valence-electron chi connectivity index (χ3n) is 5.74. The summed E-state index contributed by atoms with van der Waals surface area (Å²) >= 11 is 0. The van der Waals surface area contributed by atoms with Crippen LogP contribution < -0.4 is 4.74 Å². The zero-order valence-corrected chi connectivity index (χ0v) is 16.2. The van der Waals surface area contributed by atoms with Gasteiger partial charge < -0.3 is 14.5 Å². The molecule has 1 atom stereocenters. The van der Waals surface area contributed by atoms with Crippen LogP contribution in [0.25, 0.3) is 11.3 Å². The molecular weight excluding hydrogens is 340 g/mol. The van der Waals surface area contributed by atoms with Crippen LogP contribution >= 0.6 is 0 Å². The van der Waals surface area contributed by atoms with Gasteiger partial charge in [0, 0.05) is 43.5 Å². The number of nitrogens with zero attached hydrogens (tertiary/aromatic N) is 4. The Morgan fingerprint density at radius 1 is 1.19 bits per heavy atom. The fourth-order valence-electron chi connectivity index (χ4n) is 4.32. The Labute approximate surface area is 160 Å². The van der Waals surface area contributed by atoms with E-state index in [4.69, 9.17) is 4.74 Å². The molecule has 27 heavy (non-hydrogen) atoms. The van der Waals surface area contributed by atoms with Gasteiger partial charge in [0.15, 0.2) is 0 Å². The normalized spacial score (nSPS) is 20.4. The molecule has 0 aliphatic carbocycles. The first-order chi connectivity index (χ1) is 13.2. The summed E-state index contributed by atoms with van der Waals surface area (Å²) in [6.07, 6.45) is 6.66. The van der Waals surface area contributed by atoms with E-state index >= 15 is 0 Å². The Bertz CT molecular complexity index is 810. The van der Waals surface area contributed by atoms with Gasteiger partial charge in [0.05, 0.1) is 12.8 Å². The average Bonchev–Trinajstić information content (AvgIpc) is 3.43. The molecule has 6 nitrogen and oxygen atoms in total. The average molecular weight is 368 g/mol. The summed E-state index contributed by atoms with van der Waals surface area (Å²) in [5.41, 5.74) is 2.39. The predicted octanol–water partition coefficient (Wildman–Crippen LogP) is 2.80. The van der Waals surface area contributed by atoms with Crippen molar-refractivity contribution in [3.05, 3.63) is 36.0 Å². The van der Waals surface area contributed by atoms with Crippen LogP contribution in [0.5, 0.6) is 5.75 Å². The van der Waals surface area contributed by atoms with Crippen LogP contribution in [0.3, 0.4) is 0 Å². The molecule has 2 aliphatic rings. The van der Waals surface area contributed by atoms with Gasteiger partial charge in [-0.3, -0.25) is 9.48 Å². The number of aromatic nitrogens is 2. The number of hydrogen-bond donors (Lipinski definition) is 0. The Morgan fingerprint density at radius 3 is 2.70 bits per heavy atom.